The van der Waals surface area contributed by atoms with Gasteiger partial charge in [0.1, 0.15) is 12.0 Å². The fourth-order valence-electron chi connectivity index (χ4n) is 3.26. The van der Waals surface area contributed by atoms with Crippen LogP contribution in [0.2, 0.25) is 5.02 Å². The summed E-state index contributed by atoms with van der Waals surface area (Å²) >= 11 is 6.27. The van der Waals surface area contributed by atoms with Crippen LogP contribution in [-0.2, 0) is 0 Å². The smallest absolute Gasteiger partial charge is 0.261 e. The molecule has 0 radical (unpaired) electrons. The van der Waals surface area contributed by atoms with Gasteiger partial charge in [0.2, 0.25) is 0 Å². The molecule has 5 heteroatoms. The number of anilines is 2. The highest BCUT2D eigenvalue weighted by atomic mass is 35.5. The number of nitrogens with one attached hydrogen (secondary N) is 1. The van der Waals surface area contributed by atoms with Crippen molar-refractivity contribution in [2.24, 2.45) is 0 Å². The third-order valence-corrected chi connectivity index (χ3v) is 5.08. The molecule has 130 valence electrons. The summed E-state index contributed by atoms with van der Waals surface area (Å²) in [7, 11) is 0. The van der Waals surface area contributed by atoms with Crippen molar-refractivity contribution in [3.05, 3.63) is 88.1 Å². The largest absolute Gasteiger partial charge is 0.361 e. The van der Waals surface area contributed by atoms with Gasteiger partial charge in [-0.25, -0.2) is 4.98 Å². The molecule has 1 N–H and O–H groups in total. The lowest BCUT2D eigenvalue weighted by Gasteiger charge is -2.27. The molecule has 0 aliphatic carbocycles. The van der Waals surface area contributed by atoms with Crippen molar-refractivity contribution < 1.29 is 4.79 Å². The maximum absolute atomic E-state index is 13.1. The van der Waals surface area contributed by atoms with E-state index >= 15 is 0 Å². The molecule has 1 aliphatic rings. The molecular weight excluding hydrogens is 346 g/mol. The average Bonchev–Trinajstić information content (AvgIpc) is 2.91. The van der Waals surface area contributed by atoms with Gasteiger partial charge < -0.3 is 5.32 Å². The van der Waals surface area contributed by atoms with Crippen LogP contribution in [0.1, 0.15) is 33.2 Å². The van der Waals surface area contributed by atoms with Gasteiger partial charge in [-0.2, -0.15) is 0 Å². The third kappa shape index (κ3) is 2.72. The van der Waals surface area contributed by atoms with E-state index in [1.165, 1.54) is 0 Å². The summed E-state index contributed by atoms with van der Waals surface area (Å²) in [6.45, 7) is 3.95. The van der Waals surface area contributed by atoms with Crippen LogP contribution in [-0.4, -0.2) is 10.9 Å². The molecule has 26 heavy (non-hydrogen) atoms. The molecule has 1 aliphatic heterocycles. The van der Waals surface area contributed by atoms with E-state index in [0.717, 1.165) is 22.4 Å². The lowest BCUT2D eigenvalue weighted by atomic mass is 10.1. The predicted molar refractivity (Wildman–Crippen MR) is 105 cm³/mol. The fraction of sp³-hybridized carbons (Fsp3) is 0.143. The van der Waals surface area contributed by atoms with E-state index in [4.69, 9.17) is 11.6 Å². The highest BCUT2D eigenvalue weighted by molar-refractivity contribution is 6.31. The zero-order chi connectivity index (χ0) is 18.3. The van der Waals surface area contributed by atoms with Gasteiger partial charge in [-0.3, -0.25) is 9.69 Å². The van der Waals surface area contributed by atoms with Crippen molar-refractivity contribution >= 4 is 29.0 Å². The van der Waals surface area contributed by atoms with Crippen molar-refractivity contribution in [2.75, 3.05) is 10.2 Å². The summed E-state index contributed by atoms with van der Waals surface area (Å²) in [4.78, 5) is 19.2. The normalized spacial score (nSPS) is 15.9. The Morgan fingerprint density at radius 1 is 1.08 bits per heavy atom. The van der Waals surface area contributed by atoms with Gasteiger partial charge in [0.25, 0.3) is 5.91 Å². The molecule has 1 amide bonds. The van der Waals surface area contributed by atoms with E-state index in [0.29, 0.717) is 16.4 Å². The minimum atomic E-state index is -0.342. The number of aromatic nitrogens is 1. The number of hydrogen-bond donors (Lipinski definition) is 1. The maximum Gasteiger partial charge on any atom is 0.261 e. The Labute approximate surface area is 157 Å². The minimum absolute atomic E-state index is 0.0594. The number of nitrogens with zero attached hydrogens (tertiary/aromatic N) is 2. The SMILES string of the molecule is Cc1ccnc(N2C(=O)c3ccccc3[C@@H]2Nc2cccc(Cl)c2C)c1. The summed E-state index contributed by atoms with van der Waals surface area (Å²) in [5.74, 6) is 0.569. The molecule has 3 aromatic rings. The van der Waals surface area contributed by atoms with Crippen LogP contribution in [0.15, 0.2) is 60.8 Å². The molecule has 0 spiro atoms. The Kier molecular flexibility index (Phi) is 4.13. The first kappa shape index (κ1) is 16.6. The monoisotopic (exact) mass is 363 g/mol. The molecule has 2 heterocycles. The zero-order valence-corrected chi connectivity index (χ0v) is 15.3. The summed E-state index contributed by atoms with van der Waals surface area (Å²) in [6.07, 6.45) is 1.38. The van der Waals surface area contributed by atoms with E-state index in [-0.39, 0.29) is 12.1 Å². The number of fused-ring (bicyclic) bond motifs is 1. The van der Waals surface area contributed by atoms with Crippen molar-refractivity contribution in [1.82, 2.24) is 4.98 Å². The van der Waals surface area contributed by atoms with Crippen molar-refractivity contribution in [3.8, 4) is 0 Å². The average molecular weight is 364 g/mol. The van der Waals surface area contributed by atoms with Gasteiger partial charge in [0.05, 0.1) is 0 Å². The Hall–Kier alpha value is -2.85. The summed E-state index contributed by atoms with van der Waals surface area (Å²) in [5.41, 5.74) is 4.51. The van der Waals surface area contributed by atoms with Crippen LogP contribution in [0.4, 0.5) is 11.5 Å². The number of carbonyl (C=O) groups excluding carboxylic acids is 1. The number of aryl methyl sites for hydroxylation is 1. The van der Waals surface area contributed by atoms with E-state index in [2.05, 4.69) is 10.3 Å². The lowest BCUT2D eigenvalue weighted by molar-refractivity contribution is 0.0992. The number of halogens is 1. The summed E-state index contributed by atoms with van der Waals surface area (Å²) in [5, 5.41) is 4.17. The zero-order valence-electron chi connectivity index (χ0n) is 14.5. The highest BCUT2D eigenvalue weighted by Gasteiger charge is 2.38. The molecule has 0 unspecified atom stereocenters. The molecule has 0 saturated carbocycles. The number of rotatable bonds is 3. The van der Waals surface area contributed by atoms with Crippen LogP contribution in [0.25, 0.3) is 0 Å². The topological polar surface area (TPSA) is 45.2 Å². The van der Waals surface area contributed by atoms with E-state index in [9.17, 15) is 4.79 Å². The van der Waals surface area contributed by atoms with Crippen LogP contribution < -0.4 is 10.2 Å². The van der Waals surface area contributed by atoms with Crippen molar-refractivity contribution in [1.29, 1.82) is 0 Å². The number of amides is 1. The quantitative estimate of drug-likeness (QED) is 0.702. The Bertz CT molecular complexity index is 1000. The highest BCUT2D eigenvalue weighted by Crippen LogP contribution is 2.38. The standard InChI is InChI=1S/C21H18ClN3O/c1-13-10-11-23-19(12-13)25-20(15-6-3-4-7-16(15)21(25)26)24-18-9-5-8-17(22)14(18)2/h3-12,20,24H,1-2H3/t20-/m1/s1. The van der Waals surface area contributed by atoms with Crippen LogP contribution >= 0.6 is 11.6 Å². The summed E-state index contributed by atoms with van der Waals surface area (Å²) < 4.78 is 0. The Morgan fingerprint density at radius 3 is 2.69 bits per heavy atom. The van der Waals surface area contributed by atoms with Gasteiger partial charge in [-0.15, -0.1) is 0 Å². The van der Waals surface area contributed by atoms with Gasteiger partial charge >= 0.3 is 0 Å². The lowest BCUT2D eigenvalue weighted by Crippen LogP contribution is -2.33. The van der Waals surface area contributed by atoms with Gasteiger partial charge in [-0.05, 0) is 55.3 Å². The number of carbonyl (C=O) groups is 1. The first-order chi connectivity index (χ1) is 12.6. The summed E-state index contributed by atoms with van der Waals surface area (Å²) in [6, 6.07) is 17.2. The van der Waals surface area contributed by atoms with E-state index < -0.39 is 0 Å². The molecule has 1 aromatic heterocycles. The Morgan fingerprint density at radius 2 is 1.88 bits per heavy atom. The predicted octanol–water partition coefficient (Wildman–Crippen LogP) is 5.12. The second kappa shape index (κ2) is 6.46. The van der Waals surface area contributed by atoms with Gasteiger partial charge in [0.15, 0.2) is 0 Å². The van der Waals surface area contributed by atoms with Crippen LogP contribution in [0.3, 0.4) is 0 Å². The second-order valence-electron chi connectivity index (χ2n) is 6.41. The van der Waals surface area contributed by atoms with E-state index in [1.807, 2.05) is 68.4 Å². The minimum Gasteiger partial charge on any atom is -0.361 e. The van der Waals surface area contributed by atoms with Gasteiger partial charge in [-0.1, -0.05) is 35.9 Å². The van der Waals surface area contributed by atoms with Gasteiger partial charge in [0, 0.05) is 28.0 Å². The molecule has 4 rings (SSSR count). The molecular formula is C21H18ClN3O. The Balaban J connectivity index is 1.82. The van der Waals surface area contributed by atoms with Crippen LogP contribution in [0.5, 0.6) is 0 Å². The van der Waals surface area contributed by atoms with E-state index in [1.54, 1.807) is 11.1 Å². The van der Waals surface area contributed by atoms with Crippen molar-refractivity contribution in [2.45, 2.75) is 20.0 Å². The van der Waals surface area contributed by atoms with Crippen LogP contribution in [0, 0.1) is 13.8 Å². The molecule has 0 fully saturated rings. The molecule has 0 bridgehead atoms. The third-order valence-electron chi connectivity index (χ3n) is 4.67. The molecule has 0 saturated heterocycles. The first-order valence-corrected chi connectivity index (χ1v) is 8.81. The number of hydrogen-bond acceptors (Lipinski definition) is 3. The number of pyridine rings is 1. The fourth-order valence-corrected chi connectivity index (χ4v) is 3.43. The second-order valence-corrected chi connectivity index (χ2v) is 6.82. The maximum atomic E-state index is 13.1. The first-order valence-electron chi connectivity index (χ1n) is 8.43. The molecule has 1 atom stereocenters. The molecule has 4 nitrogen and oxygen atoms in total. The molecule has 2 aromatic carbocycles. The van der Waals surface area contributed by atoms with Crippen molar-refractivity contribution in [3.63, 3.8) is 0 Å². The number of benzene rings is 2.